The summed E-state index contributed by atoms with van der Waals surface area (Å²) < 4.78 is 0. The molecule has 1 fully saturated rings. The number of fused-ring (bicyclic) bond motifs is 1. The first kappa shape index (κ1) is 13.2. The van der Waals surface area contributed by atoms with E-state index in [0.29, 0.717) is 6.42 Å². The average Bonchev–Trinajstić information content (AvgIpc) is 2.90. The zero-order valence-electron chi connectivity index (χ0n) is 12.0. The number of carbonyl (C=O) groups excluding carboxylic acids is 2. The fraction of sp³-hybridized carbons (Fsp3) is 0.500. The Morgan fingerprint density at radius 2 is 1.95 bits per heavy atom. The van der Waals surface area contributed by atoms with Gasteiger partial charge in [-0.15, -0.1) is 0 Å². The largest absolute Gasteiger partial charge is 0.339 e. The lowest BCUT2D eigenvalue weighted by atomic mass is 9.77. The molecule has 0 atom stereocenters. The predicted octanol–water partition coefficient (Wildman–Crippen LogP) is 2.54. The van der Waals surface area contributed by atoms with Crippen molar-refractivity contribution in [1.29, 1.82) is 0 Å². The molecular formula is C16H20N2O2. The van der Waals surface area contributed by atoms with Gasteiger partial charge in [0, 0.05) is 36.2 Å². The van der Waals surface area contributed by atoms with Crippen LogP contribution in [0.25, 0.3) is 0 Å². The molecular weight excluding hydrogens is 252 g/mol. The molecule has 0 radical (unpaired) electrons. The van der Waals surface area contributed by atoms with Crippen LogP contribution in [0.5, 0.6) is 0 Å². The summed E-state index contributed by atoms with van der Waals surface area (Å²) in [4.78, 5) is 26.0. The van der Waals surface area contributed by atoms with Crippen LogP contribution in [-0.4, -0.2) is 29.8 Å². The molecule has 106 valence electrons. The van der Waals surface area contributed by atoms with Gasteiger partial charge in [-0.2, -0.15) is 0 Å². The van der Waals surface area contributed by atoms with E-state index in [1.54, 1.807) is 0 Å². The van der Waals surface area contributed by atoms with Gasteiger partial charge in [0.05, 0.1) is 0 Å². The number of nitrogens with zero attached hydrogens (tertiary/aromatic N) is 1. The molecule has 1 aromatic carbocycles. The van der Waals surface area contributed by atoms with Gasteiger partial charge in [0.25, 0.3) is 5.91 Å². The minimum Gasteiger partial charge on any atom is -0.339 e. The standard InChI is InChI=1S/C16H20N2O2/c1-16(2)10-14(19)17-13-6-5-11(9-12(13)16)15(20)18-7-3-4-8-18/h5-6,9H,3-4,7-8,10H2,1-2H3,(H,17,19). The number of hydrogen-bond donors (Lipinski definition) is 1. The molecule has 1 N–H and O–H groups in total. The number of likely N-dealkylation sites (tertiary alicyclic amines) is 1. The summed E-state index contributed by atoms with van der Waals surface area (Å²) >= 11 is 0. The van der Waals surface area contributed by atoms with Crippen LogP contribution in [0.1, 0.15) is 49.0 Å². The first-order valence-corrected chi connectivity index (χ1v) is 7.21. The summed E-state index contributed by atoms with van der Waals surface area (Å²) in [6.07, 6.45) is 2.65. The van der Waals surface area contributed by atoms with Gasteiger partial charge in [0.2, 0.25) is 5.91 Å². The van der Waals surface area contributed by atoms with Gasteiger partial charge >= 0.3 is 0 Å². The van der Waals surface area contributed by atoms with Crippen LogP contribution in [0.4, 0.5) is 5.69 Å². The average molecular weight is 272 g/mol. The number of rotatable bonds is 1. The van der Waals surface area contributed by atoms with E-state index >= 15 is 0 Å². The molecule has 1 aromatic rings. The molecule has 4 nitrogen and oxygen atoms in total. The molecule has 1 saturated heterocycles. The Bertz CT molecular complexity index is 572. The Morgan fingerprint density at radius 1 is 1.25 bits per heavy atom. The Balaban J connectivity index is 1.96. The highest BCUT2D eigenvalue weighted by Gasteiger charge is 2.32. The molecule has 2 aliphatic heterocycles. The van der Waals surface area contributed by atoms with Crippen LogP contribution >= 0.6 is 0 Å². The van der Waals surface area contributed by atoms with Gasteiger partial charge in [-0.05, 0) is 36.6 Å². The minimum absolute atomic E-state index is 0.0427. The van der Waals surface area contributed by atoms with Crippen molar-refractivity contribution in [1.82, 2.24) is 4.90 Å². The summed E-state index contributed by atoms with van der Waals surface area (Å²) in [6, 6.07) is 5.63. The van der Waals surface area contributed by atoms with Crippen molar-refractivity contribution in [2.24, 2.45) is 0 Å². The van der Waals surface area contributed by atoms with Crippen molar-refractivity contribution < 1.29 is 9.59 Å². The predicted molar refractivity (Wildman–Crippen MR) is 77.9 cm³/mol. The summed E-state index contributed by atoms with van der Waals surface area (Å²) in [5, 5.41) is 2.89. The van der Waals surface area contributed by atoms with Crippen LogP contribution in [0.3, 0.4) is 0 Å². The fourth-order valence-electron chi connectivity index (χ4n) is 3.14. The molecule has 0 unspecified atom stereocenters. The van der Waals surface area contributed by atoms with E-state index in [2.05, 4.69) is 19.2 Å². The van der Waals surface area contributed by atoms with Crippen LogP contribution in [0.2, 0.25) is 0 Å². The van der Waals surface area contributed by atoms with E-state index in [-0.39, 0.29) is 17.2 Å². The quantitative estimate of drug-likeness (QED) is 0.854. The first-order valence-electron chi connectivity index (χ1n) is 7.21. The summed E-state index contributed by atoms with van der Waals surface area (Å²) in [7, 11) is 0. The van der Waals surface area contributed by atoms with Gasteiger partial charge in [-0.1, -0.05) is 13.8 Å². The first-order chi connectivity index (χ1) is 9.47. The molecule has 2 amide bonds. The summed E-state index contributed by atoms with van der Waals surface area (Å²) in [5.74, 6) is 0.152. The van der Waals surface area contributed by atoms with E-state index in [0.717, 1.165) is 42.7 Å². The third-order valence-electron chi connectivity index (χ3n) is 4.27. The maximum atomic E-state index is 12.4. The zero-order valence-corrected chi connectivity index (χ0v) is 12.0. The van der Waals surface area contributed by atoms with E-state index in [9.17, 15) is 9.59 Å². The van der Waals surface area contributed by atoms with Crippen LogP contribution in [0, 0.1) is 0 Å². The highest BCUT2D eigenvalue weighted by molar-refractivity contribution is 5.99. The second-order valence-corrected chi connectivity index (χ2v) is 6.37. The van der Waals surface area contributed by atoms with E-state index in [1.165, 1.54) is 0 Å². The number of anilines is 1. The molecule has 0 spiro atoms. The maximum Gasteiger partial charge on any atom is 0.253 e. The molecule has 4 heteroatoms. The summed E-state index contributed by atoms with van der Waals surface area (Å²) in [5.41, 5.74) is 2.40. The zero-order chi connectivity index (χ0) is 14.3. The molecule has 20 heavy (non-hydrogen) atoms. The van der Waals surface area contributed by atoms with Crippen molar-refractivity contribution in [3.05, 3.63) is 29.3 Å². The summed E-state index contributed by atoms with van der Waals surface area (Å²) in [6.45, 7) is 5.81. The molecule has 0 saturated carbocycles. The minimum atomic E-state index is -0.223. The van der Waals surface area contributed by atoms with Crippen molar-refractivity contribution >= 4 is 17.5 Å². The van der Waals surface area contributed by atoms with Gasteiger partial charge in [-0.25, -0.2) is 0 Å². The van der Waals surface area contributed by atoms with E-state index in [1.807, 2.05) is 23.1 Å². The van der Waals surface area contributed by atoms with Crippen LogP contribution < -0.4 is 5.32 Å². The number of hydrogen-bond acceptors (Lipinski definition) is 2. The molecule has 0 aliphatic carbocycles. The van der Waals surface area contributed by atoms with E-state index < -0.39 is 0 Å². The second-order valence-electron chi connectivity index (χ2n) is 6.37. The number of benzene rings is 1. The smallest absolute Gasteiger partial charge is 0.253 e. The highest BCUT2D eigenvalue weighted by atomic mass is 16.2. The third-order valence-corrected chi connectivity index (χ3v) is 4.27. The van der Waals surface area contributed by atoms with Gasteiger partial charge < -0.3 is 10.2 Å². The molecule has 0 aromatic heterocycles. The van der Waals surface area contributed by atoms with Crippen molar-refractivity contribution in [3.8, 4) is 0 Å². The second kappa shape index (κ2) is 4.62. The molecule has 3 rings (SSSR count). The number of carbonyl (C=O) groups is 2. The van der Waals surface area contributed by atoms with Crippen LogP contribution in [-0.2, 0) is 10.2 Å². The Kier molecular flexibility index (Phi) is 3.04. The van der Waals surface area contributed by atoms with Crippen molar-refractivity contribution in [2.75, 3.05) is 18.4 Å². The maximum absolute atomic E-state index is 12.4. The highest BCUT2D eigenvalue weighted by Crippen LogP contribution is 2.37. The fourth-order valence-corrected chi connectivity index (χ4v) is 3.14. The third kappa shape index (κ3) is 2.19. The number of nitrogens with one attached hydrogen (secondary N) is 1. The number of amides is 2. The Hall–Kier alpha value is -1.84. The monoisotopic (exact) mass is 272 g/mol. The molecule has 2 heterocycles. The normalized spacial score (nSPS) is 20.5. The van der Waals surface area contributed by atoms with Gasteiger partial charge in [-0.3, -0.25) is 9.59 Å². The SMILES string of the molecule is CC1(C)CC(=O)Nc2ccc(C(=O)N3CCCC3)cc21. The Morgan fingerprint density at radius 3 is 2.65 bits per heavy atom. The molecule has 0 bridgehead atoms. The van der Waals surface area contributed by atoms with Gasteiger partial charge in [0.15, 0.2) is 0 Å². The van der Waals surface area contributed by atoms with Crippen molar-refractivity contribution in [2.45, 2.75) is 38.5 Å². The van der Waals surface area contributed by atoms with Crippen LogP contribution in [0.15, 0.2) is 18.2 Å². The lowest BCUT2D eigenvalue weighted by Crippen LogP contribution is -2.33. The Labute approximate surface area is 119 Å². The molecule has 2 aliphatic rings. The van der Waals surface area contributed by atoms with E-state index in [4.69, 9.17) is 0 Å². The topological polar surface area (TPSA) is 49.4 Å². The van der Waals surface area contributed by atoms with Gasteiger partial charge in [0.1, 0.15) is 0 Å². The lowest BCUT2D eigenvalue weighted by Gasteiger charge is -2.32. The lowest BCUT2D eigenvalue weighted by molar-refractivity contribution is -0.117. The van der Waals surface area contributed by atoms with Crippen molar-refractivity contribution in [3.63, 3.8) is 0 Å².